The average molecular weight is 393 g/mol. The number of halogens is 1. The molecule has 0 aliphatic rings. The molecule has 0 aliphatic carbocycles. The monoisotopic (exact) mass is 393 g/mol. The second kappa shape index (κ2) is 8.22. The molecule has 0 saturated heterocycles. The van der Waals surface area contributed by atoms with Gasteiger partial charge in [0.15, 0.2) is 16.8 Å². The number of carbonyl (C=O) groups excluding carboxylic acids is 1. The van der Waals surface area contributed by atoms with E-state index >= 15 is 0 Å². The van der Waals surface area contributed by atoms with Gasteiger partial charge in [-0.25, -0.2) is 4.39 Å². The lowest BCUT2D eigenvalue weighted by Crippen LogP contribution is -2.08. The molecule has 2 aromatic carbocycles. The summed E-state index contributed by atoms with van der Waals surface area (Å²) in [5.41, 5.74) is 0.990. The molecule has 0 N–H and O–H groups in total. The van der Waals surface area contributed by atoms with E-state index in [1.54, 1.807) is 18.4 Å². The van der Waals surface area contributed by atoms with Crippen LogP contribution in [0.4, 0.5) is 4.39 Å². The SMILES string of the molecule is O=C(CSc1nnc(-c2ccccc2)n1Cc1ccco1)c1ccccc1F. The van der Waals surface area contributed by atoms with Crippen LogP contribution in [0.2, 0.25) is 0 Å². The molecule has 0 aliphatic heterocycles. The van der Waals surface area contributed by atoms with E-state index in [1.165, 1.54) is 23.9 Å². The molecule has 2 aromatic heterocycles. The van der Waals surface area contributed by atoms with E-state index in [-0.39, 0.29) is 17.1 Å². The number of rotatable bonds is 7. The third-order valence-corrected chi connectivity index (χ3v) is 5.12. The zero-order chi connectivity index (χ0) is 19.3. The summed E-state index contributed by atoms with van der Waals surface area (Å²) in [6.07, 6.45) is 1.61. The first kappa shape index (κ1) is 18.2. The molecule has 28 heavy (non-hydrogen) atoms. The zero-order valence-electron chi connectivity index (χ0n) is 14.8. The van der Waals surface area contributed by atoms with Gasteiger partial charge in [-0.3, -0.25) is 9.36 Å². The van der Waals surface area contributed by atoms with E-state index in [9.17, 15) is 9.18 Å². The van der Waals surface area contributed by atoms with Crippen LogP contribution < -0.4 is 0 Å². The van der Waals surface area contributed by atoms with Crippen molar-refractivity contribution in [3.63, 3.8) is 0 Å². The third-order valence-electron chi connectivity index (χ3n) is 4.15. The van der Waals surface area contributed by atoms with Crippen LogP contribution in [-0.2, 0) is 6.54 Å². The molecule has 2 heterocycles. The van der Waals surface area contributed by atoms with Crippen LogP contribution in [-0.4, -0.2) is 26.3 Å². The highest BCUT2D eigenvalue weighted by Gasteiger charge is 2.18. The molecule has 7 heteroatoms. The van der Waals surface area contributed by atoms with Gasteiger partial charge in [0.05, 0.1) is 24.1 Å². The Hall–Kier alpha value is -3.19. The molecule has 0 unspecified atom stereocenters. The molecular weight excluding hydrogens is 377 g/mol. The molecule has 4 rings (SSSR count). The van der Waals surface area contributed by atoms with Crippen LogP contribution in [0, 0.1) is 5.82 Å². The number of ketones is 1. The predicted molar refractivity (Wildman–Crippen MR) is 105 cm³/mol. The number of carbonyl (C=O) groups is 1. The van der Waals surface area contributed by atoms with Crippen LogP contribution >= 0.6 is 11.8 Å². The molecule has 0 saturated carbocycles. The summed E-state index contributed by atoms with van der Waals surface area (Å²) in [5, 5.41) is 9.12. The van der Waals surface area contributed by atoms with Gasteiger partial charge in [-0.15, -0.1) is 10.2 Å². The maximum Gasteiger partial charge on any atom is 0.192 e. The second-order valence-corrected chi connectivity index (χ2v) is 6.97. The number of hydrogen-bond donors (Lipinski definition) is 0. The fraction of sp³-hybridized carbons (Fsp3) is 0.0952. The van der Waals surface area contributed by atoms with Crippen molar-refractivity contribution >= 4 is 17.5 Å². The number of hydrogen-bond acceptors (Lipinski definition) is 5. The van der Waals surface area contributed by atoms with E-state index in [2.05, 4.69) is 10.2 Å². The Labute approximate surface area is 165 Å². The first-order valence-electron chi connectivity index (χ1n) is 8.64. The fourth-order valence-corrected chi connectivity index (χ4v) is 3.61. The topological polar surface area (TPSA) is 60.9 Å². The lowest BCUT2D eigenvalue weighted by atomic mass is 10.1. The van der Waals surface area contributed by atoms with Crippen molar-refractivity contribution in [2.24, 2.45) is 0 Å². The fourth-order valence-electron chi connectivity index (χ4n) is 2.79. The zero-order valence-corrected chi connectivity index (χ0v) is 15.6. The van der Waals surface area contributed by atoms with Gasteiger partial charge in [0.25, 0.3) is 0 Å². The lowest BCUT2D eigenvalue weighted by Gasteiger charge is -2.09. The van der Waals surface area contributed by atoms with E-state index < -0.39 is 5.82 Å². The number of nitrogens with zero attached hydrogens (tertiary/aromatic N) is 3. The number of aromatic nitrogens is 3. The van der Waals surface area contributed by atoms with Crippen LogP contribution in [0.3, 0.4) is 0 Å². The molecule has 4 aromatic rings. The van der Waals surface area contributed by atoms with Gasteiger partial charge >= 0.3 is 0 Å². The minimum Gasteiger partial charge on any atom is -0.467 e. The Morgan fingerprint density at radius 3 is 2.54 bits per heavy atom. The quantitative estimate of drug-likeness (QED) is 0.336. The van der Waals surface area contributed by atoms with Crippen molar-refractivity contribution in [2.75, 3.05) is 5.75 Å². The number of Topliss-reactive ketones (excluding diaryl/α,β-unsaturated/α-hetero) is 1. The first-order chi connectivity index (χ1) is 13.7. The molecule has 0 atom stereocenters. The van der Waals surface area contributed by atoms with Crippen molar-refractivity contribution in [1.29, 1.82) is 0 Å². The molecule has 0 amide bonds. The van der Waals surface area contributed by atoms with Gasteiger partial charge < -0.3 is 4.42 Å². The van der Waals surface area contributed by atoms with Crippen molar-refractivity contribution in [3.05, 3.63) is 90.1 Å². The Morgan fingerprint density at radius 1 is 1.00 bits per heavy atom. The Bertz CT molecular complexity index is 1080. The molecule has 0 spiro atoms. The summed E-state index contributed by atoms with van der Waals surface area (Å²) in [5.74, 6) is 0.676. The van der Waals surface area contributed by atoms with Gasteiger partial charge in [0, 0.05) is 5.56 Å². The number of furan rings is 1. The maximum absolute atomic E-state index is 13.8. The van der Waals surface area contributed by atoms with Gasteiger partial charge in [0.1, 0.15) is 11.6 Å². The van der Waals surface area contributed by atoms with Gasteiger partial charge in [0.2, 0.25) is 0 Å². The van der Waals surface area contributed by atoms with Crippen LogP contribution in [0.15, 0.2) is 82.6 Å². The predicted octanol–water partition coefficient (Wildman–Crippen LogP) is 4.70. The van der Waals surface area contributed by atoms with E-state index in [0.29, 0.717) is 17.5 Å². The minimum atomic E-state index is -0.518. The molecule has 5 nitrogen and oxygen atoms in total. The summed E-state index contributed by atoms with van der Waals surface area (Å²) in [6, 6.07) is 19.3. The second-order valence-electron chi connectivity index (χ2n) is 6.03. The summed E-state index contributed by atoms with van der Waals surface area (Å²) in [7, 11) is 0. The smallest absolute Gasteiger partial charge is 0.192 e. The largest absolute Gasteiger partial charge is 0.467 e. The van der Waals surface area contributed by atoms with Crippen molar-refractivity contribution < 1.29 is 13.6 Å². The normalized spacial score (nSPS) is 10.9. The van der Waals surface area contributed by atoms with Crippen LogP contribution in [0.1, 0.15) is 16.1 Å². The number of benzene rings is 2. The average Bonchev–Trinajstić information content (AvgIpc) is 3.38. The van der Waals surface area contributed by atoms with E-state index in [0.717, 1.165) is 11.3 Å². The highest BCUT2D eigenvalue weighted by molar-refractivity contribution is 7.99. The Kier molecular flexibility index (Phi) is 5.34. The highest BCUT2D eigenvalue weighted by Crippen LogP contribution is 2.26. The van der Waals surface area contributed by atoms with Crippen molar-refractivity contribution in [2.45, 2.75) is 11.7 Å². The van der Waals surface area contributed by atoms with Crippen LogP contribution in [0.25, 0.3) is 11.4 Å². The summed E-state index contributed by atoms with van der Waals surface area (Å²) >= 11 is 1.23. The molecule has 0 radical (unpaired) electrons. The highest BCUT2D eigenvalue weighted by atomic mass is 32.2. The molecule has 0 bridgehead atoms. The number of thioether (sulfide) groups is 1. The van der Waals surface area contributed by atoms with E-state index in [4.69, 9.17) is 4.42 Å². The standard InChI is InChI=1S/C21H16FN3O2S/c22-18-11-5-4-10-17(18)19(26)14-28-21-24-23-20(15-7-2-1-3-8-15)25(21)13-16-9-6-12-27-16/h1-12H,13-14H2. The lowest BCUT2D eigenvalue weighted by molar-refractivity contribution is 0.101. The maximum atomic E-state index is 13.8. The van der Waals surface area contributed by atoms with Crippen LogP contribution in [0.5, 0.6) is 0 Å². The first-order valence-corrected chi connectivity index (χ1v) is 9.62. The van der Waals surface area contributed by atoms with E-state index in [1.807, 2.05) is 47.0 Å². The summed E-state index contributed by atoms with van der Waals surface area (Å²) in [4.78, 5) is 12.4. The van der Waals surface area contributed by atoms with Gasteiger partial charge in [-0.1, -0.05) is 54.2 Å². The van der Waals surface area contributed by atoms with Gasteiger partial charge in [-0.05, 0) is 24.3 Å². The molecular formula is C21H16FN3O2S. The molecule has 140 valence electrons. The minimum absolute atomic E-state index is 0.0615. The summed E-state index contributed by atoms with van der Waals surface area (Å²) in [6.45, 7) is 0.431. The third kappa shape index (κ3) is 3.89. The summed E-state index contributed by atoms with van der Waals surface area (Å²) < 4.78 is 21.2. The Morgan fingerprint density at radius 2 is 1.79 bits per heavy atom. The molecule has 0 fully saturated rings. The van der Waals surface area contributed by atoms with Crippen molar-refractivity contribution in [3.8, 4) is 11.4 Å². The Balaban J connectivity index is 1.60. The van der Waals surface area contributed by atoms with Gasteiger partial charge in [-0.2, -0.15) is 0 Å². The van der Waals surface area contributed by atoms with Crippen molar-refractivity contribution in [1.82, 2.24) is 14.8 Å².